The molecule has 0 aliphatic carbocycles. The lowest BCUT2D eigenvalue weighted by Gasteiger charge is -2.13. The van der Waals surface area contributed by atoms with Gasteiger partial charge in [0.25, 0.3) is 5.91 Å². The largest absolute Gasteiger partial charge is 0.479 e. The van der Waals surface area contributed by atoms with Crippen molar-refractivity contribution in [2.75, 3.05) is 0 Å². The van der Waals surface area contributed by atoms with E-state index >= 15 is 0 Å². The number of nitrogens with zero attached hydrogens (tertiary/aromatic N) is 1. The van der Waals surface area contributed by atoms with Crippen molar-refractivity contribution >= 4 is 11.9 Å². The fourth-order valence-electron chi connectivity index (χ4n) is 1.64. The number of amides is 1. The maximum atomic E-state index is 11.9. The molecule has 2 aromatic rings. The molecule has 1 amide bonds. The molecule has 0 aliphatic heterocycles. The quantitative estimate of drug-likeness (QED) is 0.869. The number of aromatic nitrogens is 1. The van der Waals surface area contributed by atoms with Gasteiger partial charge in [-0.3, -0.25) is 4.79 Å². The number of carbonyl (C=O) groups excluding carboxylic acids is 1. The third-order valence-corrected chi connectivity index (χ3v) is 2.61. The number of benzene rings is 1. The fourth-order valence-corrected chi connectivity index (χ4v) is 1.64. The van der Waals surface area contributed by atoms with Crippen molar-refractivity contribution in [1.29, 1.82) is 0 Å². The summed E-state index contributed by atoms with van der Waals surface area (Å²) in [5.41, 5.74) is 1.04. The topological polar surface area (TPSA) is 92.4 Å². The van der Waals surface area contributed by atoms with Crippen LogP contribution in [0.25, 0.3) is 0 Å². The van der Waals surface area contributed by atoms with Gasteiger partial charge >= 0.3 is 5.97 Å². The van der Waals surface area contributed by atoms with Crippen molar-refractivity contribution in [3.05, 3.63) is 53.4 Å². The van der Waals surface area contributed by atoms with Crippen molar-refractivity contribution in [3.8, 4) is 0 Å². The zero-order valence-corrected chi connectivity index (χ0v) is 10.2. The van der Waals surface area contributed by atoms with E-state index in [0.717, 1.165) is 0 Å². The van der Waals surface area contributed by atoms with Crippen molar-refractivity contribution in [2.45, 2.75) is 13.0 Å². The summed E-state index contributed by atoms with van der Waals surface area (Å²) < 4.78 is 4.79. The molecule has 0 fully saturated rings. The summed E-state index contributed by atoms with van der Waals surface area (Å²) >= 11 is 0. The summed E-state index contributed by atoms with van der Waals surface area (Å²) in [5, 5.41) is 15.1. The second kappa shape index (κ2) is 5.34. The Kier molecular flexibility index (Phi) is 3.61. The summed E-state index contributed by atoms with van der Waals surface area (Å²) in [4.78, 5) is 23.1. The highest BCUT2D eigenvalue weighted by molar-refractivity contribution is 5.95. The normalized spacial score (nSPS) is 11.8. The Hall–Kier alpha value is -2.63. The van der Waals surface area contributed by atoms with Gasteiger partial charge in [-0.2, -0.15) is 0 Å². The summed E-state index contributed by atoms with van der Waals surface area (Å²) in [5.74, 6) is -1.73. The fraction of sp³-hybridized carbons (Fsp3) is 0.154. The van der Waals surface area contributed by atoms with Crippen LogP contribution < -0.4 is 5.32 Å². The Morgan fingerprint density at radius 1 is 1.32 bits per heavy atom. The first-order valence-electron chi connectivity index (χ1n) is 5.59. The molecule has 2 rings (SSSR count). The lowest BCUT2D eigenvalue weighted by molar-refractivity contribution is -0.139. The number of hydrogen-bond donors (Lipinski definition) is 2. The van der Waals surface area contributed by atoms with E-state index in [0.29, 0.717) is 11.1 Å². The van der Waals surface area contributed by atoms with E-state index in [1.54, 1.807) is 37.3 Å². The van der Waals surface area contributed by atoms with Gasteiger partial charge in [0.2, 0.25) is 5.76 Å². The smallest absolute Gasteiger partial charge is 0.330 e. The van der Waals surface area contributed by atoms with Crippen LogP contribution in [0.4, 0.5) is 0 Å². The molecule has 19 heavy (non-hydrogen) atoms. The summed E-state index contributed by atoms with van der Waals surface area (Å²) in [6.45, 7) is 1.66. The molecule has 98 valence electrons. The van der Waals surface area contributed by atoms with Gasteiger partial charge in [0.05, 0.1) is 6.20 Å². The van der Waals surface area contributed by atoms with Crippen LogP contribution in [-0.2, 0) is 4.79 Å². The highest BCUT2D eigenvalue weighted by Gasteiger charge is 2.24. The lowest BCUT2D eigenvalue weighted by Crippen LogP contribution is -2.33. The van der Waals surface area contributed by atoms with Crippen LogP contribution in [-0.4, -0.2) is 22.1 Å². The number of carboxylic acid groups (broad SMARTS) is 1. The predicted molar refractivity (Wildman–Crippen MR) is 65.5 cm³/mol. The molecule has 1 aromatic heterocycles. The van der Waals surface area contributed by atoms with E-state index in [1.165, 1.54) is 6.20 Å². The first kappa shape index (κ1) is 12.8. The monoisotopic (exact) mass is 260 g/mol. The molecule has 0 radical (unpaired) electrons. The van der Waals surface area contributed by atoms with Crippen molar-refractivity contribution < 1.29 is 19.2 Å². The number of hydrogen-bond acceptors (Lipinski definition) is 4. The number of rotatable bonds is 4. The molecule has 1 aromatic carbocycles. The molecule has 0 unspecified atom stereocenters. The molecule has 1 heterocycles. The molecular formula is C13H12N2O4. The molecule has 6 heteroatoms. The van der Waals surface area contributed by atoms with E-state index in [9.17, 15) is 14.7 Å². The predicted octanol–water partition coefficient (Wildman–Crippen LogP) is 1.54. The van der Waals surface area contributed by atoms with Gasteiger partial charge < -0.3 is 14.9 Å². The second-order valence-corrected chi connectivity index (χ2v) is 3.99. The third kappa shape index (κ3) is 2.79. The van der Waals surface area contributed by atoms with E-state index in [4.69, 9.17) is 4.52 Å². The Morgan fingerprint density at radius 2 is 2.00 bits per heavy atom. The van der Waals surface area contributed by atoms with Gasteiger partial charge in [-0.1, -0.05) is 35.5 Å². The molecular weight excluding hydrogens is 248 g/mol. The third-order valence-electron chi connectivity index (χ3n) is 2.61. The summed E-state index contributed by atoms with van der Waals surface area (Å²) in [6, 6.07) is 7.32. The average Bonchev–Trinajstić information content (AvgIpc) is 2.82. The maximum absolute atomic E-state index is 11.9. The number of aliphatic carboxylic acids is 1. The van der Waals surface area contributed by atoms with Gasteiger partial charge in [0.1, 0.15) is 0 Å². The average molecular weight is 260 g/mol. The van der Waals surface area contributed by atoms with Crippen LogP contribution in [0.3, 0.4) is 0 Å². The molecule has 0 spiro atoms. The minimum atomic E-state index is -1.14. The Morgan fingerprint density at radius 3 is 2.53 bits per heavy atom. The first-order chi connectivity index (χ1) is 9.09. The second-order valence-electron chi connectivity index (χ2n) is 3.99. The molecule has 0 saturated heterocycles. The van der Waals surface area contributed by atoms with Gasteiger partial charge in [-0.25, -0.2) is 4.79 Å². The van der Waals surface area contributed by atoms with E-state index < -0.39 is 17.9 Å². The van der Waals surface area contributed by atoms with E-state index in [-0.39, 0.29) is 5.76 Å². The maximum Gasteiger partial charge on any atom is 0.330 e. The number of carbonyl (C=O) groups is 2. The minimum Gasteiger partial charge on any atom is -0.479 e. The van der Waals surface area contributed by atoms with Crippen LogP contribution in [0.15, 0.2) is 41.1 Å². The van der Waals surface area contributed by atoms with Crippen molar-refractivity contribution in [1.82, 2.24) is 10.5 Å². The van der Waals surface area contributed by atoms with Crippen molar-refractivity contribution in [2.24, 2.45) is 0 Å². The van der Waals surface area contributed by atoms with Gasteiger partial charge in [-0.15, -0.1) is 0 Å². The van der Waals surface area contributed by atoms with Crippen molar-refractivity contribution in [3.63, 3.8) is 0 Å². The van der Waals surface area contributed by atoms with Crippen LogP contribution in [0.1, 0.15) is 27.7 Å². The molecule has 0 saturated carbocycles. The number of aryl methyl sites for hydroxylation is 1. The van der Waals surface area contributed by atoms with Crippen LogP contribution in [0, 0.1) is 6.92 Å². The zero-order valence-electron chi connectivity index (χ0n) is 10.2. The zero-order chi connectivity index (χ0) is 13.8. The highest BCUT2D eigenvalue weighted by Crippen LogP contribution is 2.14. The Labute approximate surface area is 109 Å². The van der Waals surface area contributed by atoms with E-state index in [1.807, 2.05) is 0 Å². The molecule has 0 bridgehead atoms. The Balaban J connectivity index is 2.21. The molecule has 2 N–H and O–H groups in total. The lowest BCUT2D eigenvalue weighted by atomic mass is 10.1. The van der Waals surface area contributed by atoms with Gasteiger partial charge in [0, 0.05) is 5.56 Å². The standard InChI is InChI=1S/C13H12N2O4/c1-8-7-14-19-11(8)12(16)15-10(13(17)18)9-5-3-2-4-6-9/h2-7,10H,1H3,(H,15,16)(H,17,18)/t10-/m0/s1. The summed E-state index contributed by atoms with van der Waals surface area (Å²) in [6.07, 6.45) is 1.40. The number of carboxylic acids is 1. The first-order valence-corrected chi connectivity index (χ1v) is 5.59. The summed E-state index contributed by atoms with van der Waals surface area (Å²) in [7, 11) is 0. The van der Waals surface area contributed by atoms with Crippen LogP contribution >= 0.6 is 0 Å². The SMILES string of the molecule is Cc1cnoc1C(=O)N[C@H](C(=O)O)c1ccccc1. The molecule has 6 nitrogen and oxygen atoms in total. The molecule has 0 aliphatic rings. The van der Waals surface area contributed by atoms with E-state index in [2.05, 4.69) is 10.5 Å². The minimum absolute atomic E-state index is 0.0159. The van der Waals surface area contributed by atoms with Gasteiger partial charge in [0.15, 0.2) is 6.04 Å². The van der Waals surface area contributed by atoms with Crippen LogP contribution in [0.2, 0.25) is 0 Å². The van der Waals surface area contributed by atoms with Gasteiger partial charge in [-0.05, 0) is 12.5 Å². The van der Waals surface area contributed by atoms with Crippen LogP contribution in [0.5, 0.6) is 0 Å². The molecule has 1 atom stereocenters. The number of nitrogens with one attached hydrogen (secondary N) is 1. The highest BCUT2D eigenvalue weighted by atomic mass is 16.5. The Bertz CT molecular complexity index is 592.